The first kappa shape index (κ1) is 18.2. The normalized spacial score (nSPS) is 17.7. The number of hydrogen-bond donors (Lipinski definition) is 1. The lowest BCUT2D eigenvalue weighted by Crippen LogP contribution is -2.47. The fourth-order valence-corrected chi connectivity index (χ4v) is 3.44. The summed E-state index contributed by atoms with van der Waals surface area (Å²) in [6, 6.07) is 7.93. The number of halogens is 1. The Morgan fingerprint density at radius 2 is 2.00 bits per heavy atom. The minimum atomic E-state index is 0.0494. The molecule has 1 aliphatic heterocycles. The van der Waals surface area contributed by atoms with E-state index in [-0.39, 0.29) is 11.8 Å². The number of piperidine rings is 1. The largest absolute Gasteiger partial charge is 0.348 e. The summed E-state index contributed by atoms with van der Waals surface area (Å²) in [4.78, 5) is 16.6. The van der Waals surface area contributed by atoms with Crippen molar-refractivity contribution in [2.45, 2.75) is 26.7 Å². The van der Waals surface area contributed by atoms with E-state index in [9.17, 15) is 4.79 Å². The Hall–Kier alpha value is -1.14. The van der Waals surface area contributed by atoms with Crippen LogP contribution in [0.5, 0.6) is 0 Å². The summed E-state index contributed by atoms with van der Waals surface area (Å²) in [6.07, 6.45) is 1.95. The Kier molecular flexibility index (Phi) is 6.84. The highest BCUT2D eigenvalue weighted by atomic mass is 79.9. The fourth-order valence-electron chi connectivity index (χ4n) is 2.89. The van der Waals surface area contributed by atoms with E-state index in [2.05, 4.69) is 26.1 Å². The van der Waals surface area contributed by atoms with Gasteiger partial charge in [0.05, 0.1) is 5.92 Å². The second kappa shape index (κ2) is 8.64. The Bertz CT molecular complexity index is 545. The van der Waals surface area contributed by atoms with Gasteiger partial charge in [0.15, 0.2) is 5.11 Å². The lowest BCUT2D eigenvalue weighted by atomic mass is 9.96. The predicted octanol–water partition coefficient (Wildman–Crippen LogP) is 3.73. The van der Waals surface area contributed by atoms with E-state index in [4.69, 9.17) is 12.2 Å². The van der Waals surface area contributed by atoms with E-state index in [1.807, 2.05) is 43.0 Å². The van der Waals surface area contributed by atoms with Gasteiger partial charge in [0.2, 0.25) is 5.91 Å². The highest BCUT2D eigenvalue weighted by molar-refractivity contribution is 9.10. The maximum Gasteiger partial charge on any atom is 0.227 e. The molecule has 0 aromatic heterocycles. The summed E-state index contributed by atoms with van der Waals surface area (Å²) in [5, 5.41) is 3.97. The second-order valence-electron chi connectivity index (χ2n) is 5.73. The Labute approximate surface area is 152 Å². The lowest BCUT2D eigenvalue weighted by molar-refractivity contribution is -0.136. The number of nitrogens with zero attached hydrogens (tertiary/aromatic N) is 2. The van der Waals surface area contributed by atoms with E-state index in [0.717, 1.165) is 42.6 Å². The van der Waals surface area contributed by atoms with E-state index in [1.165, 1.54) is 0 Å². The maximum absolute atomic E-state index is 12.6. The molecule has 1 N–H and O–H groups in total. The molecule has 4 nitrogen and oxygen atoms in total. The summed E-state index contributed by atoms with van der Waals surface area (Å²) in [5.41, 5.74) is 0.968. The fraction of sp³-hybridized carbons (Fsp3) is 0.529. The molecule has 1 aromatic rings. The molecule has 0 bridgehead atoms. The summed E-state index contributed by atoms with van der Waals surface area (Å²) in [7, 11) is 0. The van der Waals surface area contributed by atoms with Crippen molar-refractivity contribution in [1.29, 1.82) is 0 Å². The molecule has 6 heteroatoms. The quantitative estimate of drug-likeness (QED) is 0.785. The minimum absolute atomic E-state index is 0.0494. The number of hydrogen-bond acceptors (Lipinski definition) is 2. The summed E-state index contributed by atoms with van der Waals surface area (Å²) < 4.78 is 1.04. The van der Waals surface area contributed by atoms with Crippen molar-refractivity contribution in [3.05, 3.63) is 28.7 Å². The maximum atomic E-state index is 12.6. The van der Waals surface area contributed by atoms with Crippen molar-refractivity contribution in [3.8, 4) is 0 Å². The third-order valence-electron chi connectivity index (χ3n) is 4.23. The van der Waals surface area contributed by atoms with Gasteiger partial charge in [-0.25, -0.2) is 0 Å². The molecule has 0 radical (unpaired) electrons. The van der Waals surface area contributed by atoms with E-state index < -0.39 is 0 Å². The van der Waals surface area contributed by atoms with Crippen LogP contribution in [0.2, 0.25) is 0 Å². The number of nitrogens with one attached hydrogen (secondary N) is 1. The van der Waals surface area contributed by atoms with Crippen molar-refractivity contribution in [1.82, 2.24) is 9.80 Å². The first-order valence-electron chi connectivity index (χ1n) is 8.15. The third-order valence-corrected chi connectivity index (χ3v) is 5.12. The van der Waals surface area contributed by atoms with Crippen LogP contribution in [0.1, 0.15) is 26.7 Å². The van der Waals surface area contributed by atoms with Crippen LogP contribution in [0.4, 0.5) is 5.69 Å². The van der Waals surface area contributed by atoms with E-state index >= 15 is 0 Å². The molecule has 0 aliphatic carbocycles. The average molecular weight is 398 g/mol. The molecule has 1 amide bonds. The Morgan fingerprint density at radius 1 is 1.35 bits per heavy atom. The molecule has 1 aromatic carbocycles. The smallest absolute Gasteiger partial charge is 0.227 e. The number of benzene rings is 1. The van der Waals surface area contributed by atoms with Gasteiger partial charge in [0.25, 0.3) is 0 Å². The van der Waals surface area contributed by atoms with Crippen LogP contribution in [0.3, 0.4) is 0 Å². The lowest BCUT2D eigenvalue weighted by Gasteiger charge is -2.36. The topological polar surface area (TPSA) is 35.6 Å². The zero-order chi connectivity index (χ0) is 16.8. The number of thiocarbonyl (C=S) groups is 1. The number of likely N-dealkylation sites (tertiary alicyclic amines) is 1. The average Bonchev–Trinajstić information content (AvgIpc) is 2.58. The monoisotopic (exact) mass is 397 g/mol. The van der Waals surface area contributed by atoms with Gasteiger partial charge < -0.3 is 15.1 Å². The van der Waals surface area contributed by atoms with Crippen molar-refractivity contribution in [3.63, 3.8) is 0 Å². The second-order valence-corrected chi connectivity index (χ2v) is 7.04. The summed E-state index contributed by atoms with van der Waals surface area (Å²) in [6.45, 7) is 7.21. The Balaban J connectivity index is 1.96. The van der Waals surface area contributed by atoms with Crippen LogP contribution >= 0.6 is 28.1 Å². The van der Waals surface area contributed by atoms with E-state index in [0.29, 0.717) is 11.7 Å². The molecular weight excluding hydrogens is 374 g/mol. The van der Waals surface area contributed by atoms with Crippen molar-refractivity contribution >= 4 is 44.9 Å². The number of rotatable bonds is 4. The standard InChI is InChI=1S/C17H24BrN3OS/c1-3-20(4-2)16(22)13-6-5-11-21(12-13)17(23)19-15-9-7-14(18)8-10-15/h7-10,13H,3-6,11-12H2,1-2H3,(H,19,23). The van der Waals surface area contributed by atoms with Gasteiger partial charge >= 0.3 is 0 Å². The number of amides is 1. The van der Waals surface area contributed by atoms with Crippen LogP contribution in [-0.4, -0.2) is 47.0 Å². The molecular formula is C17H24BrN3OS. The third kappa shape index (κ3) is 4.91. The van der Waals surface area contributed by atoms with Crippen LogP contribution < -0.4 is 5.32 Å². The van der Waals surface area contributed by atoms with Crippen LogP contribution in [0.15, 0.2) is 28.7 Å². The van der Waals surface area contributed by atoms with Gasteiger partial charge in [-0.3, -0.25) is 4.79 Å². The highest BCUT2D eigenvalue weighted by Gasteiger charge is 2.29. The Morgan fingerprint density at radius 3 is 2.61 bits per heavy atom. The molecule has 1 aliphatic rings. The highest BCUT2D eigenvalue weighted by Crippen LogP contribution is 2.21. The molecule has 1 saturated heterocycles. The molecule has 0 saturated carbocycles. The zero-order valence-corrected chi connectivity index (χ0v) is 16.1. The number of anilines is 1. The predicted molar refractivity (Wildman–Crippen MR) is 103 cm³/mol. The van der Waals surface area contributed by atoms with Crippen molar-refractivity contribution in [2.75, 3.05) is 31.5 Å². The first-order valence-corrected chi connectivity index (χ1v) is 9.35. The molecule has 1 unspecified atom stereocenters. The van der Waals surface area contributed by atoms with Crippen LogP contribution in [0.25, 0.3) is 0 Å². The van der Waals surface area contributed by atoms with Gasteiger partial charge in [0, 0.05) is 36.3 Å². The molecule has 1 heterocycles. The van der Waals surface area contributed by atoms with Crippen molar-refractivity contribution < 1.29 is 4.79 Å². The molecule has 126 valence electrons. The van der Waals surface area contributed by atoms with Gasteiger partial charge in [-0.1, -0.05) is 15.9 Å². The molecule has 1 atom stereocenters. The van der Waals surface area contributed by atoms with Gasteiger partial charge in [-0.05, 0) is 63.2 Å². The minimum Gasteiger partial charge on any atom is -0.348 e. The van der Waals surface area contributed by atoms with Crippen LogP contribution in [0, 0.1) is 5.92 Å². The zero-order valence-electron chi connectivity index (χ0n) is 13.7. The SMILES string of the molecule is CCN(CC)C(=O)C1CCCN(C(=S)Nc2ccc(Br)cc2)C1. The summed E-state index contributed by atoms with van der Waals surface area (Å²) >= 11 is 8.95. The molecule has 23 heavy (non-hydrogen) atoms. The molecule has 1 fully saturated rings. The summed E-state index contributed by atoms with van der Waals surface area (Å²) in [5.74, 6) is 0.305. The van der Waals surface area contributed by atoms with Crippen molar-refractivity contribution in [2.24, 2.45) is 5.92 Å². The molecule has 2 rings (SSSR count). The van der Waals surface area contributed by atoms with Crippen LogP contribution in [-0.2, 0) is 4.79 Å². The van der Waals surface area contributed by atoms with E-state index in [1.54, 1.807) is 0 Å². The number of carbonyl (C=O) groups is 1. The van der Waals surface area contributed by atoms with Gasteiger partial charge in [0.1, 0.15) is 0 Å². The first-order chi connectivity index (χ1) is 11.0. The van der Waals surface area contributed by atoms with Gasteiger partial charge in [-0.15, -0.1) is 0 Å². The molecule has 0 spiro atoms. The number of carbonyl (C=O) groups excluding carboxylic acids is 1. The van der Waals surface area contributed by atoms with Gasteiger partial charge in [-0.2, -0.15) is 0 Å².